The number of hydrogen-bond donors (Lipinski definition) is 1. The molecule has 0 fully saturated rings. The smallest absolute Gasteiger partial charge is 0.417 e. The summed E-state index contributed by atoms with van der Waals surface area (Å²) in [6.45, 7) is 3.17. The molecular formula is C24H22ClF3N2O4S. The Morgan fingerprint density at radius 1 is 1.06 bits per heavy atom. The average Bonchev–Trinajstić information content (AvgIpc) is 2.78. The van der Waals surface area contributed by atoms with Gasteiger partial charge < -0.3 is 10.1 Å². The second-order valence-electron chi connectivity index (χ2n) is 7.50. The number of hydrogen-bond acceptors (Lipinski definition) is 4. The zero-order valence-electron chi connectivity index (χ0n) is 18.8. The Morgan fingerprint density at radius 3 is 2.37 bits per heavy atom. The van der Waals surface area contributed by atoms with Crippen molar-refractivity contribution in [2.24, 2.45) is 0 Å². The van der Waals surface area contributed by atoms with Crippen LogP contribution < -0.4 is 14.4 Å². The van der Waals surface area contributed by atoms with Gasteiger partial charge in [0.05, 0.1) is 27.8 Å². The van der Waals surface area contributed by atoms with Crippen LogP contribution in [0.15, 0.2) is 71.6 Å². The fourth-order valence-electron chi connectivity index (χ4n) is 3.20. The minimum Gasteiger partial charge on any atom is -0.494 e. The number of aryl methyl sites for hydroxylation is 1. The lowest BCUT2D eigenvalue weighted by atomic mass is 10.2. The van der Waals surface area contributed by atoms with E-state index < -0.39 is 39.2 Å². The molecule has 3 aromatic carbocycles. The lowest BCUT2D eigenvalue weighted by Gasteiger charge is -2.25. The third kappa shape index (κ3) is 6.46. The van der Waals surface area contributed by atoms with Crippen molar-refractivity contribution in [3.05, 3.63) is 82.9 Å². The predicted molar refractivity (Wildman–Crippen MR) is 128 cm³/mol. The van der Waals surface area contributed by atoms with Crippen molar-refractivity contribution in [1.82, 2.24) is 0 Å². The van der Waals surface area contributed by atoms with Crippen LogP contribution in [-0.4, -0.2) is 27.5 Å². The molecule has 0 aromatic heterocycles. The molecule has 0 unspecified atom stereocenters. The topological polar surface area (TPSA) is 75.7 Å². The largest absolute Gasteiger partial charge is 0.494 e. The zero-order chi connectivity index (χ0) is 25.8. The van der Waals surface area contributed by atoms with E-state index in [9.17, 15) is 26.4 Å². The Balaban J connectivity index is 2.01. The van der Waals surface area contributed by atoms with Gasteiger partial charge in [0.15, 0.2) is 0 Å². The van der Waals surface area contributed by atoms with Crippen LogP contribution in [0, 0.1) is 6.92 Å². The van der Waals surface area contributed by atoms with E-state index >= 15 is 0 Å². The lowest BCUT2D eigenvalue weighted by Crippen LogP contribution is -2.38. The highest BCUT2D eigenvalue weighted by atomic mass is 35.5. The number of ether oxygens (including phenoxy) is 1. The highest BCUT2D eigenvalue weighted by Crippen LogP contribution is 2.38. The first-order valence-corrected chi connectivity index (χ1v) is 12.2. The average molecular weight is 527 g/mol. The van der Waals surface area contributed by atoms with Crippen LogP contribution in [0.3, 0.4) is 0 Å². The van der Waals surface area contributed by atoms with Crippen molar-refractivity contribution in [1.29, 1.82) is 0 Å². The standard InChI is InChI=1S/C24H22ClF3N2O4S/c1-3-34-19-6-4-5-17(13-19)29-23(31)15-30(35(32,33)20-10-7-16(2)8-11-20)18-9-12-22(25)21(14-18)24(26,27)28/h4-14H,3,15H2,1-2H3,(H,29,31). The second kappa shape index (κ2) is 10.6. The number of sulfonamides is 1. The molecule has 3 aromatic rings. The van der Waals surface area contributed by atoms with Crippen LogP contribution in [0.25, 0.3) is 0 Å². The fourth-order valence-corrected chi connectivity index (χ4v) is 4.84. The highest BCUT2D eigenvalue weighted by molar-refractivity contribution is 7.92. The van der Waals surface area contributed by atoms with Crippen molar-refractivity contribution in [3.63, 3.8) is 0 Å². The first-order valence-electron chi connectivity index (χ1n) is 10.4. The molecule has 0 heterocycles. The number of nitrogens with one attached hydrogen (secondary N) is 1. The maximum atomic E-state index is 13.5. The molecule has 11 heteroatoms. The van der Waals surface area contributed by atoms with Crippen LogP contribution in [-0.2, 0) is 21.0 Å². The Bertz CT molecular complexity index is 1310. The third-order valence-electron chi connectivity index (χ3n) is 4.87. The molecule has 0 saturated heterocycles. The van der Waals surface area contributed by atoms with E-state index in [0.717, 1.165) is 17.7 Å². The molecule has 0 aliphatic heterocycles. The maximum Gasteiger partial charge on any atom is 0.417 e. The highest BCUT2D eigenvalue weighted by Gasteiger charge is 2.35. The number of carbonyl (C=O) groups is 1. The minimum absolute atomic E-state index is 0.183. The lowest BCUT2D eigenvalue weighted by molar-refractivity contribution is -0.137. The van der Waals surface area contributed by atoms with Crippen molar-refractivity contribution >= 4 is 38.9 Å². The van der Waals surface area contributed by atoms with Gasteiger partial charge in [-0.25, -0.2) is 8.42 Å². The molecule has 0 bridgehead atoms. The number of anilines is 2. The molecule has 0 spiro atoms. The molecule has 0 aliphatic carbocycles. The molecular weight excluding hydrogens is 505 g/mol. The predicted octanol–water partition coefficient (Wildman–Crippen LogP) is 5.90. The number of nitrogens with zero attached hydrogens (tertiary/aromatic N) is 1. The van der Waals surface area contributed by atoms with Crippen molar-refractivity contribution in [2.75, 3.05) is 22.8 Å². The summed E-state index contributed by atoms with van der Waals surface area (Å²) in [6, 6.07) is 14.8. The van der Waals surface area contributed by atoms with E-state index in [-0.39, 0.29) is 10.6 Å². The van der Waals surface area contributed by atoms with E-state index in [0.29, 0.717) is 28.4 Å². The Hall–Kier alpha value is -3.24. The van der Waals surface area contributed by atoms with Gasteiger partial charge in [-0.15, -0.1) is 0 Å². The van der Waals surface area contributed by atoms with Gasteiger partial charge in [0.2, 0.25) is 5.91 Å². The van der Waals surface area contributed by atoms with Gasteiger partial charge >= 0.3 is 6.18 Å². The van der Waals surface area contributed by atoms with E-state index in [2.05, 4.69) is 5.32 Å². The van der Waals surface area contributed by atoms with Gasteiger partial charge in [-0.05, 0) is 56.3 Å². The van der Waals surface area contributed by atoms with Crippen LogP contribution in [0.2, 0.25) is 5.02 Å². The van der Waals surface area contributed by atoms with Crippen LogP contribution in [0.1, 0.15) is 18.1 Å². The SMILES string of the molecule is CCOc1cccc(NC(=O)CN(c2ccc(Cl)c(C(F)(F)F)c2)S(=O)(=O)c2ccc(C)cc2)c1. The number of amides is 1. The normalized spacial score (nSPS) is 11.7. The molecule has 0 radical (unpaired) electrons. The van der Waals surface area contributed by atoms with E-state index in [1.165, 1.54) is 12.1 Å². The van der Waals surface area contributed by atoms with Gasteiger partial charge in [-0.2, -0.15) is 13.2 Å². The number of halogens is 4. The van der Waals surface area contributed by atoms with Crippen molar-refractivity contribution in [3.8, 4) is 5.75 Å². The number of alkyl halides is 3. The number of rotatable bonds is 8. The quantitative estimate of drug-likeness (QED) is 0.396. The van der Waals surface area contributed by atoms with Gasteiger partial charge in [-0.3, -0.25) is 9.10 Å². The summed E-state index contributed by atoms with van der Waals surface area (Å²) in [5.74, 6) is -0.278. The Morgan fingerprint density at radius 2 is 1.74 bits per heavy atom. The summed E-state index contributed by atoms with van der Waals surface area (Å²) in [7, 11) is -4.41. The molecule has 35 heavy (non-hydrogen) atoms. The fraction of sp³-hybridized carbons (Fsp3) is 0.208. The van der Waals surface area contributed by atoms with Gasteiger partial charge in [0, 0.05) is 11.8 Å². The first-order chi connectivity index (χ1) is 16.4. The monoisotopic (exact) mass is 526 g/mol. The van der Waals surface area contributed by atoms with E-state index in [1.807, 2.05) is 0 Å². The summed E-state index contributed by atoms with van der Waals surface area (Å²) in [5.41, 5.74) is -0.458. The van der Waals surface area contributed by atoms with E-state index in [4.69, 9.17) is 16.3 Å². The minimum atomic E-state index is -4.83. The van der Waals surface area contributed by atoms with Gasteiger partial charge in [0.25, 0.3) is 10.0 Å². The molecule has 1 amide bonds. The molecule has 0 atom stereocenters. The third-order valence-corrected chi connectivity index (χ3v) is 6.99. The van der Waals surface area contributed by atoms with Gasteiger partial charge in [-0.1, -0.05) is 35.4 Å². The van der Waals surface area contributed by atoms with Crippen LogP contribution in [0.5, 0.6) is 5.75 Å². The molecule has 6 nitrogen and oxygen atoms in total. The Labute approximate surface area is 206 Å². The molecule has 0 aliphatic rings. The molecule has 1 N–H and O–H groups in total. The van der Waals surface area contributed by atoms with Gasteiger partial charge in [0.1, 0.15) is 12.3 Å². The van der Waals surface area contributed by atoms with Crippen LogP contribution >= 0.6 is 11.6 Å². The molecule has 3 rings (SSSR count). The summed E-state index contributed by atoms with van der Waals surface area (Å²) >= 11 is 5.71. The van der Waals surface area contributed by atoms with E-state index in [1.54, 1.807) is 50.2 Å². The van der Waals surface area contributed by atoms with Crippen LogP contribution in [0.4, 0.5) is 24.5 Å². The van der Waals surface area contributed by atoms with Crippen molar-refractivity contribution < 1.29 is 31.1 Å². The maximum absolute atomic E-state index is 13.5. The number of carbonyl (C=O) groups excluding carboxylic acids is 1. The van der Waals surface area contributed by atoms with Crippen molar-refractivity contribution in [2.45, 2.75) is 24.9 Å². The molecule has 0 saturated carbocycles. The summed E-state index contributed by atoms with van der Waals surface area (Å²) in [5, 5.41) is 1.96. The molecule has 186 valence electrons. The second-order valence-corrected chi connectivity index (χ2v) is 9.77. The summed E-state index contributed by atoms with van der Waals surface area (Å²) < 4.78 is 73.2. The zero-order valence-corrected chi connectivity index (χ0v) is 20.3. The summed E-state index contributed by atoms with van der Waals surface area (Å²) in [6.07, 6.45) is -4.83. The first kappa shape index (κ1) is 26.4. The number of benzene rings is 3. The Kier molecular flexibility index (Phi) is 7.97. The summed E-state index contributed by atoms with van der Waals surface area (Å²) in [4.78, 5) is 12.7.